The molecule has 0 aliphatic rings. The second kappa shape index (κ2) is 40.0. The molecule has 0 spiro atoms. The van der Waals surface area contributed by atoms with E-state index in [2.05, 4.69) is 26.0 Å². The molecule has 0 saturated carbocycles. The van der Waals surface area contributed by atoms with Gasteiger partial charge in [-0.05, 0) is 51.4 Å². The summed E-state index contributed by atoms with van der Waals surface area (Å²) in [5, 5.41) is 0. The predicted octanol–water partition coefficient (Wildman–Crippen LogP) is 14.5. The van der Waals surface area contributed by atoms with Crippen molar-refractivity contribution in [1.82, 2.24) is 0 Å². The molecule has 1 atom stereocenters. The lowest BCUT2D eigenvalue weighted by molar-refractivity contribution is -0.163. The van der Waals surface area contributed by atoms with E-state index in [9.17, 15) is 14.4 Å². The van der Waals surface area contributed by atoms with E-state index in [1.165, 1.54) is 167 Å². The molecule has 0 aliphatic heterocycles. The maximum Gasteiger partial charge on any atom is 0.316 e. The van der Waals surface area contributed by atoms with Gasteiger partial charge in [-0.2, -0.15) is 0 Å². The minimum Gasteiger partial charge on any atom is -0.393 e. The maximum absolute atomic E-state index is 13.0. The van der Waals surface area contributed by atoms with Crippen molar-refractivity contribution in [2.45, 2.75) is 245 Å². The smallest absolute Gasteiger partial charge is 0.316 e. The molecule has 48 heavy (non-hydrogen) atoms. The van der Waals surface area contributed by atoms with Crippen LogP contribution in [0.5, 0.6) is 0 Å². The number of carbonyl (C=O) groups is 3. The van der Waals surface area contributed by atoms with Gasteiger partial charge in [-0.25, -0.2) is 0 Å². The van der Waals surface area contributed by atoms with Gasteiger partial charge in [0.25, 0.3) is 0 Å². The number of hydrogen-bond donors (Lipinski definition) is 0. The van der Waals surface area contributed by atoms with Gasteiger partial charge in [-0.15, -0.1) is 0 Å². The molecule has 0 aliphatic carbocycles. The molecule has 0 radical (unpaired) electrons. The Kier molecular flexibility index (Phi) is 38.8. The summed E-state index contributed by atoms with van der Waals surface area (Å²) >= 11 is 0. The molecular formula is C44H82O4. The standard InChI is InChI=1S/C44H82O4/c1-3-5-7-9-11-12-13-14-15-19-22-25-28-32-36-40-43(46)48-44(47)42(38-34-30-10-8-6-4-2)39-35-31-27-24-21-18-16-17-20-23-26-29-33-37-41-45/h14-15,41-42H,3-13,16-40H2,1-2H3. The average molecular weight is 675 g/mol. The van der Waals surface area contributed by atoms with Crippen molar-refractivity contribution in [3.05, 3.63) is 12.2 Å². The lowest BCUT2D eigenvalue weighted by Crippen LogP contribution is -2.21. The van der Waals surface area contributed by atoms with E-state index < -0.39 is 0 Å². The molecule has 0 aromatic heterocycles. The van der Waals surface area contributed by atoms with Gasteiger partial charge < -0.3 is 9.53 Å². The molecule has 0 heterocycles. The van der Waals surface area contributed by atoms with Crippen molar-refractivity contribution in [3.63, 3.8) is 0 Å². The lowest BCUT2D eigenvalue weighted by Gasteiger charge is -2.15. The molecule has 0 fully saturated rings. The maximum atomic E-state index is 13.0. The Balaban J connectivity index is 4.03. The van der Waals surface area contributed by atoms with Crippen LogP contribution in [0.25, 0.3) is 0 Å². The molecule has 0 bridgehead atoms. The summed E-state index contributed by atoms with van der Waals surface area (Å²) < 4.78 is 5.40. The molecule has 0 aromatic carbocycles. The number of rotatable bonds is 39. The van der Waals surface area contributed by atoms with Crippen LogP contribution in [-0.4, -0.2) is 18.2 Å². The third-order valence-electron chi connectivity index (χ3n) is 9.97. The second-order valence-corrected chi connectivity index (χ2v) is 14.7. The minimum absolute atomic E-state index is 0.118. The van der Waals surface area contributed by atoms with Crippen LogP contribution in [0, 0.1) is 5.92 Å². The van der Waals surface area contributed by atoms with E-state index in [0.717, 1.165) is 64.1 Å². The van der Waals surface area contributed by atoms with E-state index in [0.29, 0.717) is 6.42 Å². The molecule has 0 amide bonds. The molecule has 0 aromatic rings. The van der Waals surface area contributed by atoms with Gasteiger partial charge in [0, 0.05) is 12.8 Å². The number of ether oxygens (including phenoxy) is 1. The number of esters is 2. The van der Waals surface area contributed by atoms with E-state index in [-0.39, 0.29) is 17.9 Å². The second-order valence-electron chi connectivity index (χ2n) is 14.7. The Hall–Kier alpha value is -1.45. The van der Waals surface area contributed by atoms with Crippen LogP contribution in [0.3, 0.4) is 0 Å². The molecule has 4 nitrogen and oxygen atoms in total. The first-order valence-electron chi connectivity index (χ1n) is 21.5. The van der Waals surface area contributed by atoms with Gasteiger partial charge in [-0.1, -0.05) is 193 Å². The molecule has 0 N–H and O–H groups in total. The zero-order valence-electron chi connectivity index (χ0n) is 32.4. The summed E-state index contributed by atoms with van der Waals surface area (Å²) in [6.07, 6.45) is 48.1. The highest BCUT2D eigenvalue weighted by Crippen LogP contribution is 2.22. The van der Waals surface area contributed by atoms with Gasteiger partial charge in [0.1, 0.15) is 6.29 Å². The van der Waals surface area contributed by atoms with Crippen LogP contribution in [-0.2, 0) is 19.1 Å². The number of unbranched alkanes of at least 4 members (excludes halogenated alkanes) is 29. The highest BCUT2D eigenvalue weighted by Gasteiger charge is 2.22. The fourth-order valence-corrected chi connectivity index (χ4v) is 6.70. The SMILES string of the molecule is CCCCCCCCC=CCCCCCCCC(=O)OC(=O)C(CCCCCCCC)CCCCCCCCCCCCCCCC=O. The van der Waals surface area contributed by atoms with Crippen molar-refractivity contribution in [2.75, 3.05) is 0 Å². The predicted molar refractivity (Wildman–Crippen MR) is 207 cm³/mol. The lowest BCUT2D eigenvalue weighted by atomic mass is 9.94. The quantitative estimate of drug-likeness (QED) is 0.0214. The number of carbonyl (C=O) groups excluding carboxylic acids is 3. The Bertz CT molecular complexity index is 715. The monoisotopic (exact) mass is 675 g/mol. The summed E-state index contributed by atoms with van der Waals surface area (Å²) in [6.45, 7) is 4.51. The summed E-state index contributed by atoms with van der Waals surface area (Å²) in [5.41, 5.74) is 0. The zero-order chi connectivity index (χ0) is 35.0. The minimum atomic E-state index is -0.316. The van der Waals surface area contributed by atoms with E-state index in [1.54, 1.807) is 0 Å². The third kappa shape index (κ3) is 35.8. The summed E-state index contributed by atoms with van der Waals surface area (Å²) in [4.78, 5) is 35.8. The Morgan fingerprint density at radius 1 is 0.438 bits per heavy atom. The number of allylic oxidation sites excluding steroid dienone is 2. The summed E-state index contributed by atoms with van der Waals surface area (Å²) in [5.74, 6) is -0.693. The molecule has 0 saturated heterocycles. The van der Waals surface area contributed by atoms with Gasteiger partial charge in [-0.3, -0.25) is 9.59 Å². The van der Waals surface area contributed by atoms with Crippen LogP contribution < -0.4 is 0 Å². The van der Waals surface area contributed by atoms with Crippen LogP contribution >= 0.6 is 0 Å². The molecular weight excluding hydrogens is 592 g/mol. The topological polar surface area (TPSA) is 60.4 Å². The fourth-order valence-electron chi connectivity index (χ4n) is 6.70. The van der Waals surface area contributed by atoms with E-state index in [1.807, 2.05) is 0 Å². The van der Waals surface area contributed by atoms with E-state index >= 15 is 0 Å². The first-order chi connectivity index (χ1) is 23.7. The van der Waals surface area contributed by atoms with Gasteiger partial charge >= 0.3 is 11.9 Å². The van der Waals surface area contributed by atoms with Crippen molar-refractivity contribution in [2.24, 2.45) is 5.92 Å². The van der Waals surface area contributed by atoms with Gasteiger partial charge in [0.2, 0.25) is 0 Å². The molecule has 4 heteroatoms. The summed E-state index contributed by atoms with van der Waals surface area (Å²) in [7, 11) is 0. The van der Waals surface area contributed by atoms with Crippen molar-refractivity contribution in [3.8, 4) is 0 Å². The normalized spacial score (nSPS) is 12.1. The zero-order valence-corrected chi connectivity index (χ0v) is 32.4. The highest BCUT2D eigenvalue weighted by atomic mass is 16.6. The molecule has 1 unspecified atom stereocenters. The van der Waals surface area contributed by atoms with Crippen molar-refractivity contribution in [1.29, 1.82) is 0 Å². The average Bonchev–Trinajstić information content (AvgIpc) is 3.08. The third-order valence-corrected chi connectivity index (χ3v) is 9.97. The highest BCUT2D eigenvalue weighted by molar-refractivity contribution is 5.86. The van der Waals surface area contributed by atoms with Gasteiger partial charge in [0.05, 0.1) is 5.92 Å². The van der Waals surface area contributed by atoms with Crippen molar-refractivity contribution < 1.29 is 19.1 Å². The van der Waals surface area contributed by atoms with Crippen LogP contribution in [0.1, 0.15) is 245 Å². The molecule has 282 valence electrons. The first kappa shape index (κ1) is 46.5. The van der Waals surface area contributed by atoms with Crippen LogP contribution in [0.15, 0.2) is 12.2 Å². The first-order valence-corrected chi connectivity index (χ1v) is 21.5. The fraction of sp³-hybridized carbons (Fsp3) is 0.886. The summed E-state index contributed by atoms with van der Waals surface area (Å²) in [6, 6.07) is 0. The van der Waals surface area contributed by atoms with E-state index in [4.69, 9.17) is 4.74 Å². The van der Waals surface area contributed by atoms with Crippen LogP contribution in [0.4, 0.5) is 0 Å². The number of aldehydes is 1. The largest absolute Gasteiger partial charge is 0.393 e. The van der Waals surface area contributed by atoms with Crippen molar-refractivity contribution >= 4 is 18.2 Å². The molecule has 0 rings (SSSR count). The Morgan fingerprint density at radius 2 is 0.771 bits per heavy atom. The van der Waals surface area contributed by atoms with Gasteiger partial charge in [0.15, 0.2) is 0 Å². The van der Waals surface area contributed by atoms with Crippen LogP contribution in [0.2, 0.25) is 0 Å². The Labute approximate surface area is 299 Å². The number of hydrogen-bond acceptors (Lipinski definition) is 4. The Morgan fingerprint density at radius 3 is 1.17 bits per heavy atom.